The first kappa shape index (κ1) is 20.8. The van der Waals surface area contributed by atoms with E-state index in [2.05, 4.69) is 42.4 Å². The Kier molecular flexibility index (Phi) is 6.25. The highest BCUT2D eigenvalue weighted by atomic mass is 79.9. The molecule has 1 aliphatic carbocycles. The topological polar surface area (TPSA) is 85.4 Å². The summed E-state index contributed by atoms with van der Waals surface area (Å²) in [5.74, 6) is 1.10. The van der Waals surface area contributed by atoms with E-state index >= 15 is 0 Å². The Hall–Kier alpha value is -1.47. The Labute approximate surface area is 182 Å². The van der Waals surface area contributed by atoms with Gasteiger partial charge in [-0.1, -0.05) is 0 Å². The number of rotatable bonds is 4. The molecule has 2 atom stereocenters. The summed E-state index contributed by atoms with van der Waals surface area (Å²) in [6.45, 7) is 5.05. The molecule has 1 saturated heterocycles. The molecule has 2 aliphatic rings. The molecule has 0 aromatic carbocycles. The fourth-order valence-corrected chi connectivity index (χ4v) is 6.04. The zero-order valence-electron chi connectivity index (χ0n) is 16.7. The lowest BCUT2D eigenvalue weighted by Gasteiger charge is -2.44. The zero-order valence-corrected chi connectivity index (χ0v) is 19.1. The maximum Gasteiger partial charge on any atom is 0.204 e. The van der Waals surface area contributed by atoms with Gasteiger partial charge in [0.2, 0.25) is 5.76 Å². The number of hydrogen-bond acceptors (Lipinski definition) is 6. The van der Waals surface area contributed by atoms with E-state index in [1.807, 2.05) is 6.07 Å². The molecule has 0 radical (unpaired) electrons. The fraction of sp³-hybridized carbons (Fsp3) is 0.600. The first-order valence-electron chi connectivity index (χ1n) is 10.0. The second-order valence-corrected chi connectivity index (χ2v) is 10.1. The van der Waals surface area contributed by atoms with E-state index in [0.717, 1.165) is 61.0 Å². The van der Waals surface area contributed by atoms with E-state index in [0.29, 0.717) is 29.5 Å². The molecular weight excluding hydrogens is 454 g/mol. The molecule has 2 aromatic heterocycles. The lowest BCUT2D eigenvalue weighted by Crippen LogP contribution is -2.55. The lowest BCUT2D eigenvalue weighted by molar-refractivity contribution is 0.0836. The third-order valence-electron chi connectivity index (χ3n) is 6.11. The monoisotopic (exact) mass is 479 g/mol. The Morgan fingerprint density at radius 2 is 2.10 bits per heavy atom. The van der Waals surface area contributed by atoms with E-state index in [1.165, 1.54) is 0 Å². The Morgan fingerprint density at radius 3 is 2.76 bits per heavy atom. The van der Waals surface area contributed by atoms with Crippen molar-refractivity contribution >= 4 is 43.7 Å². The number of nitrogens with zero attached hydrogens (tertiary/aromatic N) is 4. The van der Waals surface area contributed by atoms with Gasteiger partial charge in [0.05, 0.1) is 21.7 Å². The van der Waals surface area contributed by atoms with Crippen LogP contribution in [0.3, 0.4) is 0 Å². The van der Waals surface area contributed by atoms with Gasteiger partial charge in [-0.2, -0.15) is 5.26 Å². The second kappa shape index (κ2) is 8.72. The minimum absolute atomic E-state index is 0.293. The highest BCUT2D eigenvalue weighted by molar-refractivity contribution is 9.10. The molecule has 0 spiro atoms. The average molecular weight is 480 g/mol. The third kappa shape index (κ3) is 4.36. The van der Waals surface area contributed by atoms with E-state index < -0.39 is 11.0 Å². The van der Waals surface area contributed by atoms with Gasteiger partial charge in [0.25, 0.3) is 0 Å². The minimum Gasteiger partial charge on any atom is -0.444 e. The van der Waals surface area contributed by atoms with Crippen LogP contribution in [0.1, 0.15) is 38.4 Å². The summed E-state index contributed by atoms with van der Waals surface area (Å²) >= 11 is 3.62. The molecule has 9 heteroatoms. The number of pyridine rings is 1. The van der Waals surface area contributed by atoms with Crippen LogP contribution in [0.2, 0.25) is 0 Å². The maximum absolute atomic E-state index is 11.8. The minimum atomic E-state index is -0.881. The van der Waals surface area contributed by atoms with Gasteiger partial charge in [0.15, 0.2) is 5.58 Å². The van der Waals surface area contributed by atoms with Crippen LogP contribution in [-0.4, -0.2) is 62.4 Å². The highest BCUT2D eigenvalue weighted by Crippen LogP contribution is 2.34. The Morgan fingerprint density at radius 1 is 1.34 bits per heavy atom. The van der Waals surface area contributed by atoms with Gasteiger partial charge in [-0.05, 0) is 48.5 Å². The molecule has 3 heterocycles. The molecule has 0 bridgehead atoms. The molecule has 1 aliphatic heterocycles. The zero-order chi connectivity index (χ0) is 20.5. The number of aromatic nitrogens is 1. The van der Waals surface area contributed by atoms with Crippen molar-refractivity contribution in [1.82, 2.24) is 14.2 Å². The molecule has 4 rings (SSSR count). The molecular formula is C20H26BrN5O2S. The smallest absolute Gasteiger partial charge is 0.204 e. The van der Waals surface area contributed by atoms with Crippen molar-refractivity contribution in [3.63, 3.8) is 0 Å². The molecule has 1 N–H and O–H groups in total. The van der Waals surface area contributed by atoms with Gasteiger partial charge in [0.1, 0.15) is 11.9 Å². The van der Waals surface area contributed by atoms with Crippen LogP contribution < -0.4 is 5.32 Å². The van der Waals surface area contributed by atoms with Crippen molar-refractivity contribution in [2.75, 3.05) is 31.2 Å². The Balaban J connectivity index is 1.35. The molecule has 29 heavy (non-hydrogen) atoms. The van der Waals surface area contributed by atoms with Crippen LogP contribution in [0, 0.1) is 11.3 Å². The molecule has 1 saturated carbocycles. The molecule has 0 amide bonds. The number of fused-ring (bicyclic) bond motifs is 1. The maximum atomic E-state index is 11.8. The number of halogens is 1. The molecule has 2 fully saturated rings. The van der Waals surface area contributed by atoms with Crippen LogP contribution in [0.4, 0.5) is 5.82 Å². The van der Waals surface area contributed by atoms with Crippen LogP contribution in [-0.2, 0) is 11.0 Å². The predicted molar refractivity (Wildman–Crippen MR) is 118 cm³/mol. The molecule has 156 valence electrons. The van der Waals surface area contributed by atoms with E-state index in [9.17, 15) is 4.21 Å². The van der Waals surface area contributed by atoms with E-state index in [1.54, 1.807) is 18.5 Å². The van der Waals surface area contributed by atoms with Gasteiger partial charge in [0, 0.05) is 55.5 Å². The van der Waals surface area contributed by atoms with Crippen molar-refractivity contribution in [3.05, 3.63) is 22.5 Å². The summed E-state index contributed by atoms with van der Waals surface area (Å²) in [5, 5.41) is 13.5. The summed E-state index contributed by atoms with van der Waals surface area (Å²) in [4.78, 5) is 7.07. The van der Waals surface area contributed by atoms with Gasteiger partial charge >= 0.3 is 0 Å². The number of piperazine rings is 1. The SMILES string of the molecule is CC1CN(C2CCC(Nc3ncc4oc(C#N)cc4c3Br)CC2)CCN1S(C)=O. The summed E-state index contributed by atoms with van der Waals surface area (Å²) in [6, 6.07) is 5.11. The first-order chi connectivity index (χ1) is 14.0. The second-order valence-electron chi connectivity index (χ2n) is 7.98. The summed E-state index contributed by atoms with van der Waals surface area (Å²) in [7, 11) is -0.881. The number of anilines is 1. The summed E-state index contributed by atoms with van der Waals surface area (Å²) in [6.07, 6.45) is 7.96. The lowest BCUT2D eigenvalue weighted by atomic mass is 9.89. The molecule has 2 aromatic rings. The van der Waals surface area contributed by atoms with Crippen molar-refractivity contribution in [2.24, 2.45) is 0 Å². The van der Waals surface area contributed by atoms with E-state index in [4.69, 9.17) is 9.68 Å². The summed E-state index contributed by atoms with van der Waals surface area (Å²) in [5.41, 5.74) is 0.615. The van der Waals surface area contributed by atoms with Crippen molar-refractivity contribution in [1.29, 1.82) is 5.26 Å². The summed E-state index contributed by atoms with van der Waals surface area (Å²) < 4.78 is 20.2. The van der Waals surface area contributed by atoms with E-state index in [-0.39, 0.29) is 0 Å². The van der Waals surface area contributed by atoms with Gasteiger partial charge in [-0.15, -0.1) is 0 Å². The predicted octanol–water partition coefficient (Wildman–Crippen LogP) is 3.48. The highest BCUT2D eigenvalue weighted by Gasteiger charge is 2.32. The van der Waals surface area contributed by atoms with Gasteiger partial charge < -0.3 is 9.73 Å². The standard InChI is InChI=1S/C20H26BrN5O2S/c1-13-12-25(7-8-26(13)29(2)27)15-5-3-14(4-6-15)24-20-19(21)17-9-16(10-22)28-18(17)11-23-20/h9,11,13-15H,3-8,12H2,1-2H3,(H,23,24). The number of nitriles is 1. The normalized spacial score (nSPS) is 27.6. The van der Waals surface area contributed by atoms with Crippen molar-refractivity contribution < 1.29 is 8.63 Å². The molecule has 7 nitrogen and oxygen atoms in total. The first-order valence-corrected chi connectivity index (χ1v) is 12.4. The van der Waals surface area contributed by atoms with Crippen molar-refractivity contribution in [2.45, 2.75) is 50.7 Å². The molecule has 2 unspecified atom stereocenters. The number of hydrogen-bond donors (Lipinski definition) is 1. The third-order valence-corrected chi connectivity index (χ3v) is 8.11. The van der Waals surface area contributed by atoms with Crippen LogP contribution in [0.25, 0.3) is 11.0 Å². The van der Waals surface area contributed by atoms with Crippen LogP contribution >= 0.6 is 15.9 Å². The van der Waals surface area contributed by atoms with Crippen molar-refractivity contribution in [3.8, 4) is 6.07 Å². The number of nitrogens with one attached hydrogen (secondary N) is 1. The Bertz CT molecular complexity index is 950. The van der Waals surface area contributed by atoms with Gasteiger partial charge in [-0.25, -0.2) is 13.5 Å². The fourth-order valence-electron chi connectivity index (χ4n) is 4.60. The largest absolute Gasteiger partial charge is 0.444 e. The quantitative estimate of drug-likeness (QED) is 0.722. The van der Waals surface area contributed by atoms with Gasteiger partial charge in [-0.3, -0.25) is 4.90 Å². The van der Waals surface area contributed by atoms with Crippen LogP contribution in [0.15, 0.2) is 21.2 Å². The van der Waals surface area contributed by atoms with Crippen LogP contribution in [0.5, 0.6) is 0 Å². The number of furan rings is 1. The average Bonchev–Trinajstić information content (AvgIpc) is 3.15.